The van der Waals surface area contributed by atoms with Crippen molar-refractivity contribution in [3.05, 3.63) is 125 Å². The summed E-state index contributed by atoms with van der Waals surface area (Å²) in [4.78, 5) is 2.61. The van der Waals surface area contributed by atoms with Gasteiger partial charge in [-0.15, -0.1) is 0 Å². The molecule has 4 heterocycles. The highest BCUT2D eigenvalue weighted by molar-refractivity contribution is 6.90. The average molecular weight is 817 g/mol. The van der Waals surface area contributed by atoms with Crippen LogP contribution in [0.15, 0.2) is 103 Å². The van der Waals surface area contributed by atoms with E-state index in [1.54, 1.807) is 11.1 Å². The lowest BCUT2D eigenvalue weighted by Gasteiger charge is -2.57. The number of benzene rings is 6. The van der Waals surface area contributed by atoms with Crippen LogP contribution in [0.5, 0.6) is 11.5 Å². The zero-order valence-corrected chi connectivity index (χ0v) is 36.6. The van der Waals surface area contributed by atoms with Crippen molar-refractivity contribution >= 4 is 56.6 Å². The van der Waals surface area contributed by atoms with Crippen molar-refractivity contribution < 1.29 is 4.74 Å². The lowest BCUT2D eigenvalue weighted by molar-refractivity contribution is -0.00527. The third kappa shape index (κ3) is 4.02. The quantitative estimate of drug-likeness (QED) is 0.162. The van der Waals surface area contributed by atoms with Crippen molar-refractivity contribution in [1.29, 1.82) is 0 Å². The first-order chi connectivity index (χ1) is 30.8. The van der Waals surface area contributed by atoms with Gasteiger partial charge in [0.2, 0.25) is 0 Å². The highest BCUT2D eigenvalue weighted by Crippen LogP contribution is 2.65. The first kappa shape index (κ1) is 34.2. The lowest BCUT2D eigenvalue weighted by atomic mass is 9.44. The SMILES string of the molecule is CC1(C)c2ccccc2-c2cc3c4c(c21)-c1cc(C25CC6CC(CC(C6)C2)C5)cc2c5cc(C67CC8CC(CC(C8)C6)C7)ccc5n(c12)B4c1cccc2c1N3c1ccccc1O2. The van der Waals surface area contributed by atoms with Crippen LogP contribution in [-0.2, 0) is 16.2 Å². The molecule has 0 unspecified atom stereocenters. The van der Waals surface area contributed by atoms with Crippen molar-refractivity contribution in [2.24, 2.45) is 35.5 Å². The van der Waals surface area contributed by atoms with Crippen LogP contribution < -0.4 is 20.6 Å². The largest absolute Gasteiger partial charge is 0.453 e. The minimum atomic E-state index is -0.158. The van der Waals surface area contributed by atoms with E-state index in [1.807, 2.05) is 0 Å². The number of rotatable bonds is 2. The molecule has 0 spiro atoms. The van der Waals surface area contributed by atoms with Gasteiger partial charge < -0.3 is 14.1 Å². The molecule has 8 saturated carbocycles. The molecule has 6 aromatic carbocycles. The number of anilines is 3. The van der Waals surface area contributed by atoms with E-state index in [2.05, 4.69) is 126 Å². The summed E-state index contributed by atoms with van der Waals surface area (Å²) in [6, 6.07) is 41.3. The Morgan fingerprint density at radius 1 is 0.556 bits per heavy atom. The van der Waals surface area contributed by atoms with E-state index in [1.165, 1.54) is 155 Å². The number of fused-ring (bicyclic) bond motifs is 13. The van der Waals surface area contributed by atoms with Crippen LogP contribution in [0.2, 0.25) is 0 Å². The van der Waals surface area contributed by atoms with Gasteiger partial charge in [0.25, 0.3) is 0 Å². The Balaban J connectivity index is 1.03. The molecule has 0 atom stereocenters. The summed E-state index contributed by atoms with van der Waals surface area (Å²) >= 11 is 0. The second-order valence-corrected chi connectivity index (χ2v) is 23.7. The van der Waals surface area contributed by atoms with Gasteiger partial charge in [0.05, 0.1) is 11.4 Å². The molecule has 4 heteroatoms. The van der Waals surface area contributed by atoms with Crippen LogP contribution in [-0.4, -0.2) is 11.3 Å². The maximum Gasteiger partial charge on any atom is 0.333 e. The summed E-state index contributed by atoms with van der Waals surface area (Å²) in [7, 11) is 0. The molecule has 0 N–H and O–H groups in total. The highest BCUT2D eigenvalue weighted by Gasteiger charge is 2.55. The first-order valence-electron chi connectivity index (χ1n) is 25.0. The van der Waals surface area contributed by atoms with Gasteiger partial charge in [-0.2, -0.15) is 0 Å². The smallest absolute Gasteiger partial charge is 0.333 e. The van der Waals surface area contributed by atoms with E-state index in [9.17, 15) is 0 Å². The Labute approximate surface area is 370 Å². The second-order valence-electron chi connectivity index (χ2n) is 23.7. The number of ether oxygens (including phenoxy) is 1. The molecule has 1 aromatic heterocycles. The third-order valence-electron chi connectivity index (χ3n) is 20.0. The minimum absolute atomic E-state index is 0.0168. The van der Waals surface area contributed by atoms with Gasteiger partial charge in [-0.05, 0) is 222 Å². The van der Waals surface area contributed by atoms with Crippen molar-refractivity contribution in [2.75, 3.05) is 4.90 Å². The van der Waals surface area contributed by atoms with Gasteiger partial charge in [-0.1, -0.05) is 68.4 Å². The molecule has 19 rings (SSSR count). The fraction of sp³-hybridized carbons (Fsp3) is 0.390. The Morgan fingerprint density at radius 3 is 1.92 bits per heavy atom. The Morgan fingerprint density at radius 2 is 1.19 bits per heavy atom. The minimum Gasteiger partial charge on any atom is -0.453 e. The molecule has 7 aromatic rings. The predicted molar refractivity (Wildman–Crippen MR) is 257 cm³/mol. The Bertz CT molecular complexity index is 3220. The van der Waals surface area contributed by atoms with Crippen LogP contribution in [0.4, 0.5) is 17.1 Å². The molecule has 308 valence electrons. The van der Waals surface area contributed by atoms with Crippen molar-refractivity contribution in [2.45, 2.75) is 107 Å². The average Bonchev–Trinajstić information content (AvgIpc) is 3.72. The van der Waals surface area contributed by atoms with Crippen LogP contribution >= 0.6 is 0 Å². The molecule has 63 heavy (non-hydrogen) atoms. The molecule has 12 aliphatic rings. The van der Waals surface area contributed by atoms with Gasteiger partial charge in [-0.25, -0.2) is 0 Å². The van der Waals surface area contributed by atoms with Crippen LogP contribution in [0.25, 0.3) is 44.1 Å². The number of nitrogens with zero attached hydrogens (tertiary/aromatic N) is 2. The Hall–Kier alpha value is -5.22. The standard InChI is InChI=1S/C59H53BN2O/c1-57(2)45-9-4-3-8-40(45)42-25-49-54-52(53(42)57)44-24-39(59-29-35-19-36(30-59)21-37(20-35)31-59)23-43-41-22-38(58-26-32-16-33(27-58)18-34(17-32)28-58)14-15-47(41)62(55(43)44)60(54)46-10-7-13-51-56(46)61(49)48-11-5-6-12-50(48)63-51/h3-15,22-25,32-37H,16-21,26-31H2,1-2H3. The van der Waals surface area contributed by atoms with Crippen LogP contribution in [0, 0.1) is 35.5 Å². The zero-order valence-electron chi connectivity index (χ0n) is 36.6. The molecule has 3 aliphatic heterocycles. The molecular formula is C59H53BN2O. The number of hydrogen-bond acceptors (Lipinski definition) is 2. The summed E-state index contributed by atoms with van der Waals surface area (Å²) in [5.41, 5.74) is 22.0. The second kappa shape index (κ2) is 11.0. The molecule has 3 nitrogen and oxygen atoms in total. The zero-order chi connectivity index (χ0) is 40.9. The lowest BCUT2D eigenvalue weighted by Crippen LogP contribution is -2.57. The normalized spacial score (nSPS) is 31.8. The molecule has 0 amide bonds. The van der Waals surface area contributed by atoms with E-state index in [-0.39, 0.29) is 17.7 Å². The van der Waals surface area contributed by atoms with Gasteiger partial charge in [-0.3, -0.25) is 0 Å². The highest BCUT2D eigenvalue weighted by atomic mass is 16.5. The monoisotopic (exact) mass is 816 g/mol. The van der Waals surface area contributed by atoms with Gasteiger partial charge in [0.1, 0.15) is 0 Å². The third-order valence-corrected chi connectivity index (χ3v) is 20.0. The molecule has 9 aliphatic carbocycles. The maximum atomic E-state index is 6.89. The summed E-state index contributed by atoms with van der Waals surface area (Å²) in [5, 5.41) is 3.03. The summed E-state index contributed by atoms with van der Waals surface area (Å²) in [6.45, 7) is 5.07. The van der Waals surface area contributed by atoms with E-state index < -0.39 is 0 Å². The van der Waals surface area contributed by atoms with Gasteiger partial charge in [0, 0.05) is 38.5 Å². The number of aromatic nitrogens is 1. The number of para-hydroxylation sites is 3. The molecule has 0 radical (unpaired) electrons. The molecule has 8 fully saturated rings. The van der Waals surface area contributed by atoms with E-state index in [0.29, 0.717) is 5.41 Å². The van der Waals surface area contributed by atoms with E-state index in [4.69, 9.17) is 4.74 Å². The Kier molecular flexibility index (Phi) is 5.97. The van der Waals surface area contributed by atoms with Crippen molar-refractivity contribution in [3.63, 3.8) is 0 Å². The van der Waals surface area contributed by atoms with E-state index in [0.717, 1.165) is 52.7 Å². The first-order valence-corrected chi connectivity index (χ1v) is 25.0. The molecule has 8 bridgehead atoms. The fourth-order valence-corrected chi connectivity index (χ4v) is 18.6. The summed E-state index contributed by atoms with van der Waals surface area (Å²) < 4.78 is 9.74. The maximum absolute atomic E-state index is 6.89. The fourth-order valence-electron chi connectivity index (χ4n) is 18.6. The van der Waals surface area contributed by atoms with Gasteiger partial charge in [0.15, 0.2) is 11.5 Å². The van der Waals surface area contributed by atoms with E-state index >= 15 is 0 Å². The van der Waals surface area contributed by atoms with Crippen molar-refractivity contribution in [1.82, 2.24) is 4.48 Å². The number of hydrogen-bond donors (Lipinski definition) is 0. The summed E-state index contributed by atoms with van der Waals surface area (Å²) in [5.74, 6) is 7.35. The van der Waals surface area contributed by atoms with Crippen LogP contribution in [0.1, 0.15) is 113 Å². The molecule has 0 saturated heterocycles. The van der Waals surface area contributed by atoms with Crippen LogP contribution in [0.3, 0.4) is 0 Å². The van der Waals surface area contributed by atoms with Crippen molar-refractivity contribution in [3.8, 4) is 33.8 Å². The predicted octanol–water partition coefficient (Wildman–Crippen LogP) is 13.6. The topological polar surface area (TPSA) is 17.4 Å². The molecular weight excluding hydrogens is 763 g/mol. The van der Waals surface area contributed by atoms with Gasteiger partial charge >= 0.3 is 6.85 Å². The summed E-state index contributed by atoms with van der Waals surface area (Å²) in [6.07, 6.45) is 17.2.